The molecule has 5 heteroatoms. The van der Waals surface area contributed by atoms with E-state index in [-0.39, 0.29) is 12.3 Å². The Morgan fingerprint density at radius 2 is 2.29 bits per heavy atom. The van der Waals surface area contributed by atoms with Crippen LogP contribution >= 0.6 is 11.3 Å². The van der Waals surface area contributed by atoms with Gasteiger partial charge in [0, 0.05) is 28.2 Å². The molecule has 2 heterocycles. The summed E-state index contributed by atoms with van der Waals surface area (Å²) in [5, 5.41) is 6.38. The van der Waals surface area contributed by atoms with Crippen LogP contribution in [-0.4, -0.2) is 16.4 Å². The summed E-state index contributed by atoms with van der Waals surface area (Å²) in [5.41, 5.74) is 4.83. The smallest absolute Gasteiger partial charge is 0.219 e. The Morgan fingerprint density at radius 3 is 3.00 bits per heavy atom. The van der Waals surface area contributed by atoms with Gasteiger partial charge in [-0.25, -0.2) is 4.98 Å². The fourth-order valence-corrected chi connectivity index (χ4v) is 2.58. The molecule has 2 aromatic heterocycles. The lowest BCUT2D eigenvalue weighted by Crippen LogP contribution is -2.36. The minimum atomic E-state index is -0.394. The van der Waals surface area contributed by atoms with Crippen molar-refractivity contribution in [2.24, 2.45) is 5.73 Å². The number of nitrogens with one attached hydrogen (secondary N) is 1. The minimum Gasteiger partial charge on any atom is -0.370 e. The number of carbonyl (C=O) groups is 1. The van der Waals surface area contributed by atoms with Crippen LogP contribution < -0.4 is 11.1 Å². The molecule has 2 aromatic rings. The van der Waals surface area contributed by atoms with Crippen LogP contribution in [0.4, 0.5) is 5.82 Å². The highest BCUT2D eigenvalue weighted by molar-refractivity contribution is 7.17. The maximum atomic E-state index is 11.0. The van der Waals surface area contributed by atoms with Gasteiger partial charge in [0.2, 0.25) is 5.91 Å². The number of rotatable bonds is 4. The van der Waals surface area contributed by atoms with Crippen molar-refractivity contribution in [2.45, 2.75) is 25.8 Å². The van der Waals surface area contributed by atoms with Gasteiger partial charge < -0.3 is 11.1 Å². The molecule has 0 aliphatic heterocycles. The predicted molar refractivity (Wildman–Crippen MR) is 71.1 cm³/mol. The summed E-state index contributed by atoms with van der Waals surface area (Å²) in [4.78, 5) is 15.3. The molecule has 4 nitrogen and oxygen atoms in total. The second-order valence-corrected chi connectivity index (χ2v) is 5.59. The first-order valence-corrected chi connectivity index (χ1v) is 6.25. The molecule has 0 aliphatic carbocycles. The number of nitrogens with zero attached hydrogens (tertiary/aromatic N) is 1. The van der Waals surface area contributed by atoms with Crippen LogP contribution in [-0.2, 0) is 4.79 Å². The number of pyridine rings is 1. The highest BCUT2D eigenvalue weighted by Crippen LogP contribution is 2.28. The molecule has 0 spiro atoms. The van der Waals surface area contributed by atoms with Gasteiger partial charge in [0.25, 0.3) is 0 Å². The largest absolute Gasteiger partial charge is 0.370 e. The molecule has 90 valence electrons. The standard InChI is InChI=1S/C12H15N3OS/c1-12(2,7-10(13)16)15-11-8-4-6-17-9(8)3-5-14-11/h3-6H,7H2,1-2H3,(H2,13,16)(H,14,15). The first-order valence-electron chi connectivity index (χ1n) is 5.37. The molecule has 1 amide bonds. The fraction of sp³-hybridized carbons (Fsp3) is 0.333. The van der Waals surface area contributed by atoms with Crippen LogP contribution in [0.5, 0.6) is 0 Å². The average molecular weight is 249 g/mol. The van der Waals surface area contributed by atoms with Crippen LogP contribution in [0.2, 0.25) is 0 Å². The Kier molecular flexibility index (Phi) is 3.02. The lowest BCUT2D eigenvalue weighted by molar-refractivity contribution is -0.118. The summed E-state index contributed by atoms with van der Waals surface area (Å²) in [6, 6.07) is 4.00. The van der Waals surface area contributed by atoms with Crippen LogP contribution in [0.25, 0.3) is 10.1 Å². The van der Waals surface area contributed by atoms with Gasteiger partial charge in [-0.15, -0.1) is 11.3 Å². The molecule has 2 rings (SSSR count). The van der Waals surface area contributed by atoms with Crippen LogP contribution in [0, 0.1) is 0 Å². The number of fused-ring (bicyclic) bond motifs is 1. The summed E-state index contributed by atoms with van der Waals surface area (Å²) >= 11 is 1.67. The fourth-order valence-electron chi connectivity index (χ4n) is 1.79. The summed E-state index contributed by atoms with van der Waals surface area (Å²) in [7, 11) is 0. The first kappa shape index (κ1) is 11.9. The molecular formula is C12H15N3OS. The minimum absolute atomic E-state index is 0.273. The van der Waals surface area contributed by atoms with Crippen molar-refractivity contribution in [3.05, 3.63) is 23.7 Å². The van der Waals surface area contributed by atoms with E-state index >= 15 is 0 Å². The molecule has 0 bridgehead atoms. The molecule has 0 unspecified atom stereocenters. The number of aromatic nitrogens is 1. The van der Waals surface area contributed by atoms with E-state index in [1.54, 1.807) is 17.5 Å². The number of primary amides is 1. The Labute approximate surface area is 104 Å². The maximum Gasteiger partial charge on any atom is 0.219 e. The van der Waals surface area contributed by atoms with Crippen LogP contribution in [0.3, 0.4) is 0 Å². The third-order valence-electron chi connectivity index (χ3n) is 2.45. The molecule has 0 aliphatic rings. The third kappa shape index (κ3) is 2.74. The predicted octanol–water partition coefficient (Wildman–Crippen LogP) is 2.36. The van der Waals surface area contributed by atoms with E-state index < -0.39 is 5.54 Å². The normalized spacial score (nSPS) is 11.6. The quantitative estimate of drug-likeness (QED) is 0.874. The summed E-state index contributed by atoms with van der Waals surface area (Å²) in [6.45, 7) is 3.87. The number of carbonyl (C=O) groups excluding carboxylic acids is 1. The van der Waals surface area contributed by atoms with Gasteiger partial charge in [0.15, 0.2) is 0 Å². The van der Waals surface area contributed by atoms with Gasteiger partial charge in [-0.2, -0.15) is 0 Å². The zero-order chi connectivity index (χ0) is 12.5. The lowest BCUT2D eigenvalue weighted by atomic mass is 10.0. The monoisotopic (exact) mass is 249 g/mol. The van der Waals surface area contributed by atoms with E-state index in [0.29, 0.717) is 0 Å². The Bertz CT molecular complexity index is 547. The van der Waals surface area contributed by atoms with Crippen LogP contribution in [0.1, 0.15) is 20.3 Å². The van der Waals surface area contributed by atoms with E-state index in [9.17, 15) is 4.79 Å². The Morgan fingerprint density at radius 1 is 1.53 bits per heavy atom. The molecule has 17 heavy (non-hydrogen) atoms. The number of thiophene rings is 1. The van der Waals surface area contributed by atoms with Crippen molar-refractivity contribution in [2.75, 3.05) is 5.32 Å². The number of anilines is 1. The summed E-state index contributed by atoms with van der Waals surface area (Å²) < 4.78 is 1.18. The van der Waals surface area contributed by atoms with E-state index in [4.69, 9.17) is 5.73 Å². The Hall–Kier alpha value is -1.62. The second-order valence-electron chi connectivity index (χ2n) is 4.64. The zero-order valence-electron chi connectivity index (χ0n) is 9.86. The number of amides is 1. The Balaban J connectivity index is 2.29. The molecule has 0 atom stereocenters. The topological polar surface area (TPSA) is 68.0 Å². The van der Waals surface area contributed by atoms with E-state index in [1.165, 1.54) is 4.70 Å². The van der Waals surface area contributed by atoms with Crippen molar-refractivity contribution < 1.29 is 4.79 Å². The molecule has 0 fully saturated rings. The third-order valence-corrected chi connectivity index (χ3v) is 3.33. The molecule has 0 radical (unpaired) electrons. The summed E-state index contributed by atoms with van der Waals surface area (Å²) in [5.74, 6) is 0.481. The number of hydrogen-bond acceptors (Lipinski definition) is 4. The molecule has 3 N–H and O–H groups in total. The maximum absolute atomic E-state index is 11.0. The number of nitrogens with two attached hydrogens (primary N) is 1. The number of hydrogen-bond donors (Lipinski definition) is 2. The molecule has 0 saturated heterocycles. The van der Waals surface area contributed by atoms with Crippen molar-refractivity contribution >= 4 is 33.1 Å². The zero-order valence-corrected chi connectivity index (χ0v) is 10.7. The van der Waals surface area contributed by atoms with E-state index in [2.05, 4.69) is 10.3 Å². The van der Waals surface area contributed by atoms with Gasteiger partial charge in [-0.3, -0.25) is 4.79 Å². The van der Waals surface area contributed by atoms with Gasteiger partial charge in [0.1, 0.15) is 5.82 Å². The average Bonchev–Trinajstić information content (AvgIpc) is 2.63. The van der Waals surface area contributed by atoms with Crippen molar-refractivity contribution in [1.82, 2.24) is 4.98 Å². The van der Waals surface area contributed by atoms with Gasteiger partial charge in [-0.1, -0.05) is 0 Å². The van der Waals surface area contributed by atoms with Crippen LogP contribution in [0.15, 0.2) is 23.7 Å². The van der Waals surface area contributed by atoms with E-state index in [1.807, 2.05) is 31.4 Å². The highest BCUT2D eigenvalue weighted by Gasteiger charge is 2.21. The molecule has 0 aromatic carbocycles. The van der Waals surface area contributed by atoms with Crippen molar-refractivity contribution in [3.8, 4) is 0 Å². The highest BCUT2D eigenvalue weighted by atomic mass is 32.1. The second kappa shape index (κ2) is 4.33. The summed E-state index contributed by atoms with van der Waals surface area (Å²) in [6.07, 6.45) is 2.04. The SMILES string of the molecule is CC(C)(CC(N)=O)Nc1nccc2sccc12. The van der Waals surface area contributed by atoms with Crippen molar-refractivity contribution in [3.63, 3.8) is 0 Å². The molecular weight excluding hydrogens is 234 g/mol. The van der Waals surface area contributed by atoms with Gasteiger partial charge in [-0.05, 0) is 31.4 Å². The van der Waals surface area contributed by atoms with Crippen molar-refractivity contribution in [1.29, 1.82) is 0 Å². The lowest BCUT2D eigenvalue weighted by Gasteiger charge is -2.25. The molecule has 0 saturated carbocycles. The van der Waals surface area contributed by atoms with Gasteiger partial charge in [0.05, 0.1) is 0 Å². The van der Waals surface area contributed by atoms with E-state index in [0.717, 1.165) is 11.2 Å². The first-order chi connectivity index (χ1) is 7.98. The van der Waals surface area contributed by atoms with Gasteiger partial charge >= 0.3 is 0 Å².